The van der Waals surface area contributed by atoms with Crippen LogP contribution in [0.2, 0.25) is 0 Å². The lowest BCUT2D eigenvalue weighted by atomic mass is 9.89. The van der Waals surface area contributed by atoms with E-state index in [1.165, 1.54) is 0 Å². The lowest BCUT2D eigenvalue weighted by Gasteiger charge is -2.34. The van der Waals surface area contributed by atoms with Gasteiger partial charge >= 0.3 is 5.97 Å². The molecular weight excluding hydrogens is 258 g/mol. The summed E-state index contributed by atoms with van der Waals surface area (Å²) in [6.07, 6.45) is 4.83. The molecule has 1 aliphatic carbocycles. The molecule has 2 unspecified atom stereocenters. The molecule has 2 aliphatic rings. The van der Waals surface area contributed by atoms with E-state index in [0.717, 1.165) is 25.7 Å². The van der Waals surface area contributed by atoms with Gasteiger partial charge in [-0.3, -0.25) is 9.59 Å². The summed E-state index contributed by atoms with van der Waals surface area (Å²) >= 11 is 0. The first-order valence-electron chi connectivity index (χ1n) is 7.69. The third kappa shape index (κ3) is 2.97. The molecule has 20 heavy (non-hydrogen) atoms. The molecule has 2 atom stereocenters. The van der Waals surface area contributed by atoms with Gasteiger partial charge in [0.25, 0.3) is 0 Å². The zero-order chi connectivity index (χ0) is 14.8. The fourth-order valence-corrected chi connectivity index (χ4v) is 3.09. The number of nitrogens with one attached hydrogen (secondary N) is 1. The number of amides is 1. The van der Waals surface area contributed by atoms with Gasteiger partial charge in [-0.1, -0.05) is 26.7 Å². The number of carbonyl (C=O) groups excluding carboxylic acids is 1. The minimum absolute atomic E-state index is 0.0543. The van der Waals surface area contributed by atoms with Crippen molar-refractivity contribution in [3.63, 3.8) is 0 Å². The van der Waals surface area contributed by atoms with E-state index < -0.39 is 11.4 Å². The van der Waals surface area contributed by atoms with Crippen molar-refractivity contribution in [2.75, 3.05) is 6.61 Å². The largest absolute Gasteiger partial charge is 0.480 e. The fraction of sp³-hybridized carbons (Fsp3) is 0.867. The summed E-state index contributed by atoms with van der Waals surface area (Å²) in [4.78, 5) is 23.3. The molecular formula is C15H25NO4. The molecule has 0 aromatic rings. The molecule has 114 valence electrons. The van der Waals surface area contributed by atoms with E-state index in [9.17, 15) is 9.59 Å². The fourth-order valence-electron chi connectivity index (χ4n) is 3.09. The van der Waals surface area contributed by atoms with E-state index >= 15 is 0 Å². The Bertz CT molecular complexity index is 374. The van der Waals surface area contributed by atoms with Gasteiger partial charge in [0.2, 0.25) is 5.91 Å². The summed E-state index contributed by atoms with van der Waals surface area (Å²) in [5, 5.41) is 12.1. The minimum Gasteiger partial charge on any atom is -0.480 e. The highest BCUT2D eigenvalue weighted by molar-refractivity contribution is 6.04. The third-order valence-corrected chi connectivity index (χ3v) is 4.82. The number of hydrogen-bond acceptors (Lipinski definition) is 3. The summed E-state index contributed by atoms with van der Waals surface area (Å²) in [7, 11) is 0. The van der Waals surface area contributed by atoms with Crippen LogP contribution in [0.25, 0.3) is 0 Å². The van der Waals surface area contributed by atoms with Crippen LogP contribution in [0.15, 0.2) is 0 Å². The van der Waals surface area contributed by atoms with E-state index in [1.54, 1.807) is 0 Å². The molecule has 5 nitrogen and oxygen atoms in total. The molecule has 0 radical (unpaired) electrons. The summed E-state index contributed by atoms with van der Waals surface area (Å²) in [5.74, 6) is -0.775. The Balaban J connectivity index is 1.90. The van der Waals surface area contributed by atoms with Crippen molar-refractivity contribution in [3.8, 4) is 0 Å². The van der Waals surface area contributed by atoms with Crippen molar-refractivity contribution in [2.45, 2.75) is 64.5 Å². The maximum Gasteiger partial charge on any atom is 0.319 e. The van der Waals surface area contributed by atoms with Gasteiger partial charge in [0.15, 0.2) is 0 Å². The SMILES string of the molecule is CCC(CC)C1CC(NC(=O)C2(C(=O)O)CC2)CCO1. The Kier molecular flexibility index (Phi) is 4.68. The maximum absolute atomic E-state index is 12.1. The molecule has 1 amide bonds. The van der Waals surface area contributed by atoms with E-state index in [0.29, 0.717) is 25.4 Å². The van der Waals surface area contributed by atoms with Crippen molar-refractivity contribution >= 4 is 11.9 Å². The Morgan fingerprint density at radius 1 is 1.35 bits per heavy atom. The van der Waals surface area contributed by atoms with Gasteiger partial charge in [0.05, 0.1) is 6.10 Å². The number of aliphatic carboxylic acids is 1. The second-order valence-electron chi connectivity index (χ2n) is 6.07. The predicted octanol–water partition coefficient (Wildman–Crippen LogP) is 1.95. The summed E-state index contributed by atoms with van der Waals surface area (Å²) in [6, 6.07) is 0.0543. The van der Waals surface area contributed by atoms with Gasteiger partial charge in [0, 0.05) is 12.6 Å². The molecule has 1 saturated heterocycles. The van der Waals surface area contributed by atoms with Gasteiger partial charge in [-0.05, 0) is 31.6 Å². The zero-order valence-electron chi connectivity index (χ0n) is 12.4. The van der Waals surface area contributed by atoms with Gasteiger partial charge in [-0.15, -0.1) is 0 Å². The average Bonchev–Trinajstić information content (AvgIpc) is 3.22. The number of hydrogen-bond donors (Lipinski definition) is 2. The molecule has 5 heteroatoms. The Hall–Kier alpha value is -1.10. The van der Waals surface area contributed by atoms with Crippen molar-refractivity contribution < 1.29 is 19.4 Å². The number of rotatable bonds is 6. The molecule has 2 rings (SSSR count). The predicted molar refractivity (Wildman–Crippen MR) is 74.3 cm³/mol. The minimum atomic E-state index is -1.14. The van der Waals surface area contributed by atoms with Gasteiger partial charge < -0.3 is 15.2 Å². The van der Waals surface area contributed by atoms with Crippen LogP contribution < -0.4 is 5.32 Å². The van der Waals surface area contributed by atoms with Crippen LogP contribution in [-0.2, 0) is 14.3 Å². The van der Waals surface area contributed by atoms with E-state index in [-0.39, 0.29) is 18.1 Å². The van der Waals surface area contributed by atoms with Crippen molar-refractivity contribution in [1.82, 2.24) is 5.32 Å². The number of carboxylic acids is 1. The normalized spacial score (nSPS) is 28.1. The first kappa shape index (κ1) is 15.3. The molecule has 1 aliphatic heterocycles. The lowest BCUT2D eigenvalue weighted by Crippen LogP contribution is -2.47. The van der Waals surface area contributed by atoms with Crippen LogP contribution in [0.3, 0.4) is 0 Å². The maximum atomic E-state index is 12.1. The van der Waals surface area contributed by atoms with Crippen molar-refractivity contribution in [3.05, 3.63) is 0 Å². The van der Waals surface area contributed by atoms with E-state index in [2.05, 4.69) is 19.2 Å². The van der Waals surface area contributed by atoms with E-state index in [4.69, 9.17) is 9.84 Å². The summed E-state index contributed by atoms with van der Waals surface area (Å²) in [6.45, 7) is 4.96. The van der Waals surface area contributed by atoms with Crippen LogP contribution in [0.1, 0.15) is 52.4 Å². The quantitative estimate of drug-likeness (QED) is 0.731. The zero-order valence-corrected chi connectivity index (χ0v) is 12.4. The van der Waals surface area contributed by atoms with Crippen molar-refractivity contribution in [1.29, 1.82) is 0 Å². The second kappa shape index (κ2) is 6.12. The monoisotopic (exact) mass is 283 g/mol. The Morgan fingerprint density at radius 2 is 2.00 bits per heavy atom. The highest BCUT2D eigenvalue weighted by Gasteiger charge is 2.57. The first-order chi connectivity index (χ1) is 9.53. The van der Waals surface area contributed by atoms with Crippen LogP contribution in [0.5, 0.6) is 0 Å². The standard InChI is InChI=1S/C15H25NO4/c1-3-10(4-2)12-9-11(5-8-20-12)16-13(17)15(6-7-15)14(18)19/h10-12H,3-9H2,1-2H3,(H,16,17)(H,18,19). The highest BCUT2D eigenvalue weighted by Crippen LogP contribution is 2.46. The van der Waals surface area contributed by atoms with Crippen LogP contribution >= 0.6 is 0 Å². The molecule has 1 heterocycles. The molecule has 1 saturated carbocycles. The molecule has 0 bridgehead atoms. The topological polar surface area (TPSA) is 75.6 Å². The molecule has 2 fully saturated rings. The number of carboxylic acid groups (broad SMARTS) is 1. The van der Waals surface area contributed by atoms with E-state index in [1.807, 2.05) is 0 Å². The first-order valence-corrected chi connectivity index (χ1v) is 7.69. The third-order valence-electron chi connectivity index (χ3n) is 4.82. The van der Waals surface area contributed by atoms with Gasteiger partial charge in [0.1, 0.15) is 5.41 Å². The second-order valence-corrected chi connectivity index (χ2v) is 6.07. The Morgan fingerprint density at radius 3 is 2.50 bits per heavy atom. The molecule has 0 aromatic heterocycles. The van der Waals surface area contributed by atoms with Gasteiger partial charge in [-0.2, -0.15) is 0 Å². The molecule has 0 spiro atoms. The highest BCUT2D eigenvalue weighted by atomic mass is 16.5. The number of ether oxygens (including phenoxy) is 1. The van der Waals surface area contributed by atoms with Crippen LogP contribution in [0, 0.1) is 11.3 Å². The average molecular weight is 283 g/mol. The summed E-state index contributed by atoms with van der Waals surface area (Å²) < 4.78 is 5.81. The Labute approximate surface area is 120 Å². The number of carbonyl (C=O) groups is 2. The molecule has 0 aromatic carbocycles. The van der Waals surface area contributed by atoms with Gasteiger partial charge in [-0.25, -0.2) is 0 Å². The van der Waals surface area contributed by atoms with Crippen LogP contribution in [0.4, 0.5) is 0 Å². The summed E-state index contributed by atoms with van der Waals surface area (Å²) in [5.41, 5.74) is -1.14. The van der Waals surface area contributed by atoms with Crippen molar-refractivity contribution in [2.24, 2.45) is 11.3 Å². The lowest BCUT2D eigenvalue weighted by molar-refractivity contribution is -0.149. The smallest absolute Gasteiger partial charge is 0.319 e. The molecule has 2 N–H and O–H groups in total. The van der Waals surface area contributed by atoms with Crippen LogP contribution in [-0.4, -0.2) is 35.7 Å².